The van der Waals surface area contributed by atoms with Gasteiger partial charge in [-0.1, -0.05) is 49.6 Å². The maximum absolute atomic E-state index is 13.7. The lowest BCUT2D eigenvalue weighted by molar-refractivity contribution is -0.135. The van der Waals surface area contributed by atoms with E-state index >= 15 is 0 Å². The highest BCUT2D eigenvalue weighted by molar-refractivity contribution is 5.84. The van der Waals surface area contributed by atoms with Crippen LogP contribution in [0.25, 0.3) is 5.69 Å². The minimum atomic E-state index is -0.266. The van der Waals surface area contributed by atoms with E-state index in [1.54, 1.807) is 7.11 Å². The fraction of sp³-hybridized carbons (Fsp3) is 0.379. The van der Waals surface area contributed by atoms with Gasteiger partial charge in [-0.25, -0.2) is 0 Å². The average Bonchev–Trinajstić information content (AvgIpc) is 3.32. The van der Waals surface area contributed by atoms with E-state index in [9.17, 15) is 9.59 Å². The van der Waals surface area contributed by atoms with Crippen molar-refractivity contribution in [2.24, 2.45) is 0 Å². The molecule has 0 spiro atoms. The number of nitrogens with one attached hydrogen (secondary N) is 1. The Morgan fingerprint density at radius 1 is 0.943 bits per heavy atom. The van der Waals surface area contributed by atoms with Crippen molar-refractivity contribution in [3.05, 3.63) is 83.7 Å². The predicted molar refractivity (Wildman–Crippen MR) is 135 cm³/mol. The number of carbonyl (C=O) groups excluding carboxylic acids is 2. The van der Waals surface area contributed by atoms with Gasteiger partial charge in [0, 0.05) is 37.3 Å². The molecular weight excluding hydrogens is 438 g/mol. The van der Waals surface area contributed by atoms with Crippen LogP contribution in [0.15, 0.2) is 66.9 Å². The molecule has 5 rings (SSSR count). The van der Waals surface area contributed by atoms with Gasteiger partial charge in [0.2, 0.25) is 11.8 Å². The Labute approximate surface area is 206 Å². The third-order valence-electron chi connectivity index (χ3n) is 7.25. The monoisotopic (exact) mass is 471 g/mol. The normalized spacial score (nSPS) is 17.7. The van der Waals surface area contributed by atoms with E-state index in [-0.39, 0.29) is 36.7 Å². The van der Waals surface area contributed by atoms with Gasteiger partial charge in [0.25, 0.3) is 0 Å². The molecule has 1 N–H and O–H groups in total. The molecule has 1 atom stereocenters. The second-order valence-corrected chi connectivity index (χ2v) is 9.53. The first-order valence-corrected chi connectivity index (χ1v) is 12.6. The van der Waals surface area contributed by atoms with Gasteiger partial charge in [-0.05, 0) is 54.3 Å². The summed E-state index contributed by atoms with van der Waals surface area (Å²) in [7, 11) is 1.65. The van der Waals surface area contributed by atoms with E-state index in [4.69, 9.17) is 4.74 Å². The van der Waals surface area contributed by atoms with Gasteiger partial charge in [-0.2, -0.15) is 0 Å². The fourth-order valence-corrected chi connectivity index (χ4v) is 5.43. The van der Waals surface area contributed by atoms with Crippen LogP contribution in [0.2, 0.25) is 0 Å². The molecule has 1 aliphatic carbocycles. The summed E-state index contributed by atoms with van der Waals surface area (Å²) < 4.78 is 7.53. The summed E-state index contributed by atoms with van der Waals surface area (Å²) in [4.78, 5) is 28.3. The van der Waals surface area contributed by atoms with Crippen LogP contribution in [0.3, 0.4) is 0 Å². The van der Waals surface area contributed by atoms with Crippen molar-refractivity contribution in [2.45, 2.75) is 63.6 Å². The number of para-hydroxylation sites is 1. The highest BCUT2D eigenvalue weighted by Crippen LogP contribution is 2.37. The van der Waals surface area contributed by atoms with E-state index < -0.39 is 0 Å². The zero-order valence-corrected chi connectivity index (χ0v) is 20.3. The fourth-order valence-electron chi connectivity index (χ4n) is 5.43. The van der Waals surface area contributed by atoms with E-state index in [0.29, 0.717) is 6.54 Å². The Balaban J connectivity index is 1.42. The molecule has 2 amide bonds. The Morgan fingerprint density at radius 3 is 2.49 bits per heavy atom. The molecule has 3 aromatic rings. The van der Waals surface area contributed by atoms with Gasteiger partial charge in [0.05, 0.1) is 18.8 Å². The van der Waals surface area contributed by atoms with Crippen LogP contribution in [-0.4, -0.2) is 34.4 Å². The van der Waals surface area contributed by atoms with Gasteiger partial charge >= 0.3 is 0 Å². The van der Waals surface area contributed by atoms with Crippen LogP contribution in [0.1, 0.15) is 67.8 Å². The highest BCUT2D eigenvalue weighted by Gasteiger charge is 2.33. The molecule has 1 aromatic heterocycles. The first kappa shape index (κ1) is 23.2. The maximum atomic E-state index is 13.7. The third-order valence-corrected chi connectivity index (χ3v) is 7.25. The van der Waals surface area contributed by atoms with Gasteiger partial charge in [-0.3, -0.25) is 9.59 Å². The summed E-state index contributed by atoms with van der Waals surface area (Å²) in [5.74, 6) is 0.734. The van der Waals surface area contributed by atoms with Crippen LogP contribution in [0.5, 0.6) is 5.75 Å². The number of amides is 2. The molecule has 0 radical (unpaired) electrons. The van der Waals surface area contributed by atoms with Gasteiger partial charge in [0.1, 0.15) is 5.75 Å². The van der Waals surface area contributed by atoms with Crippen molar-refractivity contribution in [3.63, 3.8) is 0 Å². The molecule has 1 aliphatic heterocycles. The van der Waals surface area contributed by atoms with Gasteiger partial charge in [-0.15, -0.1) is 0 Å². The number of aromatic nitrogens is 1. The highest BCUT2D eigenvalue weighted by atomic mass is 16.5. The summed E-state index contributed by atoms with van der Waals surface area (Å²) in [5, 5.41) is 3.14. The van der Waals surface area contributed by atoms with Gasteiger partial charge in [0.15, 0.2) is 0 Å². The van der Waals surface area contributed by atoms with Crippen molar-refractivity contribution < 1.29 is 14.3 Å². The minimum Gasteiger partial charge on any atom is -0.497 e. The molecule has 6 heteroatoms. The third kappa shape index (κ3) is 4.97. The van der Waals surface area contributed by atoms with Crippen LogP contribution >= 0.6 is 0 Å². The number of benzene rings is 2. The Morgan fingerprint density at radius 2 is 1.71 bits per heavy atom. The van der Waals surface area contributed by atoms with Crippen molar-refractivity contribution in [1.29, 1.82) is 0 Å². The molecule has 2 aromatic carbocycles. The predicted octanol–water partition coefficient (Wildman–Crippen LogP) is 5.15. The smallest absolute Gasteiger partial charge is 0.224 e. The molecular formula is C29H33N3O3. The van der Waals surface area contributed by atoms with Crippen molar-refractivity contribution in [1.82, 2.24) is 14.8 Å². The quantitative estimate of drug-likeness (QED) is 0.541. The van der Waals surface area contributed by atoms with E-state index in [1.165, 1.54) is 19.3 Å². The zero-order chi connectivity index (χ0) is 24.2. The maximum Gasteiger partial charge on any atom is 0.224 e. The van der Waals surface area contributed by atoms with E-state index in [2.05, 4.69) is 34.3 Å². The molecule has 1 saturated carbocycles. The second-order valence-electron chi connectivity index (χ2n) is 9.53. The molecule has 182 valence electrons. The van der Waals surface area contributed by atoms with E-state index in [0.717, 1.165) is 41.1 Å². The summed E-state index contributed by atoms with van der Waals surface area (Å²) in [6.45, 7) is 0.484. The number of rotatable bonds is 6. The molecule has 35 heavy (non-hydrogen) atoms. The minimum absolute atomic E-state index is 0.0194. The van der Waals surface area contributed by atoms with Gasteiger partial charge < -0.3 is 19.5 Å². The average molecular weight is 472 g/mol. The number of nitrogens with zero attached hydrogens (tertiary/aromatic N) is 2. The topological polar surface area (TPSA) is 63.6 Å². The summed E-state index contributed by atoms with van der Waals surface area (Å²) in [6, 6.07) is 20.2. The van der Waals surface area contributed by atoms with Crippen molar-refractivity contribution in [2.75, 3.05) is 7.11 Å². The number of methoxy groups -OCH3 is 1. The van der Waals surface area contributed by atoms with Crippen LogP contribution in [0.4, 0.5) is 0 Å². The molecule has 0 bridgehead atoms. The summed E-state index contributed by atoms with van der Waals surface area (Å²) in [5.41, 5.74) is 4.20. The Bertz CT molecular complexity index is 1180. The lowest BCUT2D eigenvalue weighted by Crippen LogP contribution is -2.38. The molecule has 6 nitrogen and oxygen atoms in total. The molecule has 1 fully saturated rings. The summed E-state index contributed by atoms with van der Waals surface area (Å²) >= 11 is 0. The SMILES string of the molecule is COc1ccc([C@H]2c3cccn3-c3ccccc3CN2C(=O)CCC(=O)NC2CCCCC2)cc1. The largest absolute Gasteiger partial charge is 0.497 e. The number of carbonyl (C=O) groups is 2. The lowest BCUT2D eigenvalue weighted by Gasteiger charge is -2.31. The van der Waals surface area contributed by atoms with Crippen LogP contribution in [0, 0.1) is 0 Å². The van der Waals surface area contributed by atoms with E-state index in [1.807, 2.05) is 47.4 Å². The Kier molecular flexibility index (Phi) is 6.89. The number of hydrogen-bond donors (Lipinski definition) is 1. The molecule has 0 saturated heterocycles. The standard InChI is InChI=1S/C29H33N3O3/c1-35-24-15-13-21(14-16-24)29-26-12-7-19-31(26)25-11-6-5-8-22(25)20-32(29)28(34)18-17-27(33)30-23-9-3-2-4-10-23/h5-8,11-16,19,23,29H,2-4,9-10,17-18,20H2,1H3,(H,30,33)/t29-/m0/s1. The van der Waals surface area contributed by atoms with Crippen LogP contribution in [-0.2, 0) is 16.1 Å². The Hall–Kier alpha value is -3.54. The first-order valence-electron chi connectivity index (χ1n) is 12.6. The zero-order valence-electron chi connectivity index (χ0n) is 20.3. The first-order chi connectivity index (χ1) is 17.1. The number of fused-ring (bicyclic) bond motifs is 3. The number of ether oxygens (including phenoxy) is 1. The summed E-state index contributed by atoms with van der Waals surface area (Å²) in [6.07, 6.45) is 8.11. The van der Waals surface area contributed by atoms with Crippen molar-refractivity contribution >= 4 is 11.8 Å². The molecule has 0 unspecified atom stereocenters. The molecule has 2 heterocycles. The number of hydrogen-bond acceptors (Lipinski definition) is 3. The second kappa shape index (κ2) is 10.4. The molecule has 2 aliphatic rings. The van der Waals surface area contributed by atoms with Crippen molar-refractivity contribution in [3.8, 4) is 11.4 Å². The van der Waals surface area contributed by atoms with Crippen LogP contribution < -0.4 is 10.1 Å². The lowest BCUT2D eigenvalue weighted by atomic mass is 9.95.